The number of amides is 1. The highest BCUT2D eigenvalue weighted by Crippen LogP contribution is 2.11. The van der Waals surface area contributed by atoms with E-state index in [1.807, 2.05) is 0 Å². The molecule has 0 aliphatic heterocycles. The number of carbonyl (C=O) groups is 1. The molecule has 96 valence electrons. The van der Waals surface area contributed by atoms with Crippen LogP contribution in [0.15, 0.2) is 24.8 Å². The first-order valence-corrected chi connectivity index (χ1v) is 7.30. The third-order valence-electron chi connectivity index (χ3n) is 2.86. The number of halogens is 1. The van der Waals surface area contributed by atoms with E-state index in [0.29, 0.717) is 11.5 Å². The normalized spacial score (nSPS) is 12.9. The number of aromatic nitrogens is 3. The average molecular weight is 358 g/mol. The van der Waals surface area contributed by atoms with Gasteiger partial charge in [-0.3, -0.25) is 9.78 Å². The molecule has 0 spiro atoms. The number of rotatable bonds is 4. The Kier molecular flexibility index (Phi) is 4.15. The molecule has 0 saturated heterocycles. The lowest BCUT2D eigenvalue weighted by atomic mass is 10.1. The van der Waals surface area contributed by atoms with Crippen molar-refractivity contribution in [1.29, 1.82) is 0 Å². The SMILES string of the molecule is CC(C)C(CI)NC(=O)c1cnn2ccncc12. The molecule has 0 fully saturated rings. The summed E-state index contributed by atoms with van der Waals surface area (Å²) in [6, 6.07) is 0.171. The maximum atomic E-state index is 12.2. The van der Waals surface area contributed by atoms with Crippen molar-refractivity contribution in [2.45, 2.75) is 19.9 Å². The van der Waals surface area contributed by atoms with Crippen molar-refractivity contribution >= 4 is 34.0 Å². The first-order chi connectivity index (χ1) is 8.63. The van der Waals surface area contributed by atoms with Gasteiger partial charge in [-0.15, -0.1) is 0 Å². The zero-order chi connectivity index (χ0) is 13.1. The highest BCUT2D eigenvalue weighted by atomic mass is 127. The van der Waals surface area contributed by atoms with Gasteiger partial charge in [0.25, 0.3) is 5.91 Å². The second kappa shape index (κ2) is 5.64. The van der Waals surface area contributed by atoms with E-state index in [-0.39, 0.29) is 11.9 Å². The van der Waals surface area contributed by atoms with Crippen molar-refractivity contribution in [3.63, 3.8) is 0 Å². The molecule has 18 heavy (non-hydrogen) atoms. The van der Waals surface area contributed by atoms with Gasteiger partial charge in [0, 0.05) is 22.9 Å². The predicted molar refractivity (Wildman–Crippen MR) is 78.0 cm³/mol. The van der Waals surface area contributed by atoms with Gasteiger partial charge in [-0.05, 0) is 5.92 Å². The van der Waals surface area contributed by atoms with Crippen LogP contribution in [-0.2, 0) is 0 Å². The molecule has 5 nitrogen and oxygen atoms in total. The van der Waals surface area contributed by atoms with E-state index < -0.39 is 0 Å². The van der Waals surface area contributed by atoms with Crippen molar-refractivity contribution in [2.75, 3.05) is 4.43 Å². The van der Waals surface area contributed by atoms with Gasteiger partial charge in [-0.25, -0.2) is 4.52 Å². The average Bonchev–Trinajstić information content (AvgIpc) is 2.79. The second-order valence-electron chi connectivity index (χ2n) is 4.44. The fraction of sp³-hybridized carbons (Fsp3) is 0.417. The van der Waals surface area contributed by atoms with Crippen LogP contribution in [0.5, 0.6) is 0 Å². The minimum atomic E-state index is -0.0895. The number of nitrogens with zero attached hydrogens (tertiary/aromatic N) is 3. The zero-order valence-electron chi connectivity index (χ0n) is 10.3. The zero-order valence-corrected chi connectivity index (χ0v) is 12.5. The lowest BCUT2D eigenvalue weighted by Gasteiger charge is -2.19. The maximum Gasteiger partial charge on any atom is 0.255 e. The van der Waals surface area contributed by atoms with Crippen LogP contribution in [0.4, 0.5) is 0 Å². The molecule has 1 amide bonds. The van der Waals surface area contributed by atoms with Crippen molar-refractivity contribution < 1.29 is 4.79 Å². The first kappa shape index (κ1) is 13.3. The van der Waals surface area contributed by atoms with Crippen LogP contribution in [0.3, 0.4) is 0 Å². The standard InChI is InChI=1S/C12H15IN4O/c1-8(2)10(5-13)16-12(18)9-6-15-17-4-3-14-7-11(9)17/h3-4,6-8,10H,5H2,1-2H3,(H,16,18). The summed E-state index contributed by atoms with van der Waals surface area (Å²) in [4.78, 5) is 16.2. The molecule has 0 bridgehead atoms. The van der Waals surface area contributed by atoms with E-state index in [9.17, 15) is 4.79 Å². The smallest absolute Gasteiger partial charge is 0.255 e. The summed E-state index contributed by atoms with van der Waals surface area (Å²) in [7, 11) is 0. The fourth-order valence-corrected chi connectivity index (χ4v) is 2.88. The first-order valence-electron chi connectivity index (χ1n) is 5.77. The molecule has 1 unspecified atom stereocenters. The summed E-state index contributed by atoms with van der Waals surface area (Å²) >= 11 is 2.29. The third kappa shape index (κ3) is 2.63. The van der Waals surface area contributed by atoms with Gasteiger partial charge >= 0.3 is 0 Å². The fourth-order valence-electron chi connectivity index (χ4n) is 1.64. The second-order valence-corrected chi connectivity index (χ2v) is 5.32. The number of hydrogen-bond acceptors (Lipinski definition) is 3. The minimum Gasteiger partial charge on any atom is -0.348 e. The Hall–Kier alpha value is -1.18. The Balaban J connectivity index is 2.23. The van der Waals surface area contributed by atoms with Gasteiger partial charge in [0.1, 0.15) is 0 Å². The number of carbonyl (C=O) groups excluding carboxylic acids is 1. The highest BCUT2D eigenvalue weighted by molar-refractivity contribution is 14.1. The molecule has 0 aliphatic rings. The molecule has 0 saturated carbocycles. The summed E-state index contributed by atoms with van der Waals surface area (Å²) in [5.41, 5.74) is 1.30. The van der Waals surface area contributed by atoms with Crippen molar-refractivity contribution in [3.05, 3.63) is 30.4 Å². The van der Waals surface area contributed by atoms with E-state index in [2.05, 4.69) is 51.8 Å². The molecule has 0 aliphatic carbocycles. The van der Waals surface area contributed by atoms with Crippen LogP contribution in [0.25, 0.3) is 5.52 Å². The van der Waals surface area contributed by atoms with Gasteiger partial charge in [0.2, 0.25) is 0 Å². The van der Waals surface area contributed by atoms with Gasteiger partial charge < -0.3 is 5.32 Å². The quantitative estimate of drug-likeness (QED) is 0.671. The van der Waals surface area contributed by atoms with Gasteiger partial charge in [-0.1, -0.05) is 36.4 Å². The number of alkyl halides is 1. The Morgan fingerprint density at radius 1 is 1.50 bits per heavy atom. The number of fused-ring (bicyclic) bond motifs is 1. The monoisotopic (exact) mass is 358 g/mol. The number of hydrogen-bond donors (Lipinski definition) is 1. The van der Waals surface area contributed by atoms with E-state index in [4.69, 9.17) is 0 Å². The Labute approximate surface area is 119 Å². The Bertz CT molecular complexity index is 552. The molecular formula is C12H15IN4O. The van der Waals surface area contributed by atoms with Crippen LogP contribution >= 0.6 is 22.6 Å². The molecule has 1 atom stereocenters. The van der Waals surface area contributed by atoms with Gasteiger partial charge in [0.15, 0.2) is 0 Å². The van der Waals surface area contributed by atoms with Gasteiger partial charge in [-0.2, -0.15) is 5.10 Å². The van der Waals surface area contributed by atoms with E-state index in [1.165, 1.54) is 0 Å². The molecule has 2 rings (SSSR count). The maximum absolute atomic E-state index is 12.2. The van der Waals surface area contributed by atoms with Crippen molar-refractivity contribution in [3.8, 4) is 0 Å². The number of nitrogens with one attached hydrogen (secondary N) is 1. The topological polar surface area (TPSA) is 59.3 Å². The molecule has 1 N–H and O–H groups in total. The molecule has 6 heteroatoms. The van der Waals surface area contributed by atoms with E-state index in [0.717, 1.165) is 9.94 Å². The van der Waals surface area contributed by atoms with Crippen LogP contribution in [-0.4, -0.2) is 31.0 Å². The van der Waals surface area contributed by atoms with E-state index in [1.54, 1.807) is 29.3 Å². The Morgan fingerprint density at radius 2 is 2.28 bits per heavy atom. The predicted octanol–water partition coefficient (Wildman–Crippen LogP) is 1.92. The molecular weight excluding hydrogens is 343 g/mol. The van der Waals surface area contributed by atoms with Crippen LogP contribution < -0.4 is 5.32 Å². The molecule has 2 aromatic heterocycles. The lowest BCUT2D eigenvalue weighted by molar-refractivity contribution is 0.0934. The minimum absolute atomic E-state index is 0.0895. The van der Waals surface area contributed by atoms with Crippen LogP contribution in [0, 0.1) is 5.92 Å². The van der Waals surface area contributed by atoms with Crippen molar-refractivity contribution in [2.24, 2.45) is 5.92 Å². The third-order valence-corrected chi connectivity index (χ3v) is 3.81. The van der Waals surface area contributed by atoms with Crippen LogP contribution in [0.1, 0.15) is 24.2 Å². The van der Waals surface area contributed by atoms with Gasteiger partial charge in [0.05, 0.1) is 23.5 Å². The lowest BCUT2D eigenvalue weighted by Crippen LogP contribution is -2.39. The summed E-state index contributed by atoms with van der Waals surface area (Å²) in [6.07, 6.45) is 6.60. The van der Waals surface area contributed by atoms with Crippen molar-refractivity contribution in [1.82, 2.24) is 19.9 Å². The molecule has 2 heterocycles. The summed E-state index contributed by atoms with van der Waals surface area (Å²) in [5, 5.41) is 7.16. The largest absolute Gasteiger partial charge is 0.348 e. The highest BCUT2D eigenvalue weighted by Gasteiger charge is 2.18. The Morgan fingerprint density at radius 3 is 2.94 bits per heavy atom. The van der Waals surface area contributed by atoms with E-state index >= 15 is 0 Å². The molecule has 0 aromatic carbocycles. The summed E-state index contributed by atoms with van der Waals surface area (Å²) in [5.74, 6) is 0.319. The molecule has 2 aromatic rings. The summed E-state index contributed by atoms with van der Waals surface area (Å²) in [6.45, 7) is 4.20. The van der Waals surface area contributed by atoms with Crippen LogP contribution in [0.2, 0.25) is 0 Å². The molecule has 0 radical (unpaired) electrons. The summed E-state index contributed by atoms with van der Waals surface area (Å²) < 4.78 is 2.54.